The van der Waals surface area contributed by atoms with E-state index in [-0.39, 0.29) is 5.91 Å². The highest BCUT2D eigenvalue weighted by Gasteiger charge is 2.37. The maximum Gasteiger partial charge on any atom is 0.325 e. The second-order valence-electron chi connectivity index (χ2n) is 7.99. The zero-order valence-corrected chi connectivity index (χ0v) is 18.3. The molecular weight excluding hydrogens is 404 g/mol. The second kappa shape index (κ2) is 13.9. The van der Waals surface area contributed by atoms with Crippen LogP contribution in [0.1, 0.15) is 58.3 Å². The molecule has 0 saturated carbocycles. The first-order valence-electron chi connectivity index (χ1n) is 11.0. The Morgan fingerprint density at radius 2 is 1.65 bits per heavy atom. The number of rotatable bonds is 14. The maximum atomic E-state index is 12.9. The summed E-state index contributed by atoms with van der Waals surface area (Å²) in [5.74, 6) is -2.46. The number of likely N-dealkylation sites (tertiary alicyclic amines) is 1. The highest BCUT2D eigenvalue weighted by molar-refractivity contribution is 5.94. The third-order valence-corrected chi connectivity index (χ3v) is 5.43. The number of unbranched alkanes of at least 4 members (excludes halogenated alkanes) is 2. The van der Waals surface area contributed by atoms with Gasteiger partial charge >= 0.3 is 5.97 Å². The van der Waals surface area contributed by atoms with Crippen molar-refractivity contribution < 1.29 is 24.3 Å². The van der Waals surface area contributed by atoms with E-state index in [2.05, 4.69) is 10.6 Å². The number of hydrogen-bond acceptors (Lipinski definition) is 7. The van der Waals surface area contributed by atoms with Crippen molar-refractivity contribution in [1.29, 1.82) is 0 Å². The summed E-state index contributed by atoms with van der Waals surface area (Å²) in [4.78, 5) is 50.7. The van der Waals surface area contributed by atoms with Gasteiger partial charge in [-0.05, 0) is 65.0 Å². The number of nitrogens with zero attached hydrogens (tertiary/aromatic N) is 1. The molecule has 0 aromatic heterocycles. The zero-order valence-electron chi connectivity index (χ0n) is 18.3. The first-order chi connectivity index (χ1) is 14.7. The van der Waals surface area contributed by atoms with Gasteiger partial charge in [0.05, 0.1) is 6.04 Å². The summed E-state index contributed by atoms with van der Waals surface area (Å²) < 4.78 is 0. The highest BCUT2D eigenvalue weighted by atomic mass is 16.4. The van der Waals surface area contributed by atoms with Crippen LogP contribution in [-0.4, -0.2) is 77.5 Å². The summed E-state index contributed by atoms with van der Waals surface area (Å²) in [6.07, 6.45) is 4.74. The predicted octanol–water partition coefficient (Wildman–Crippen LogP) is -1.36. The molecule has 1 aliphatic heterocycles. The number of aliphatic carboxylic acids is 1. The molecule has 11 nitrogen and oxygen atoms in total. The number of carboxylic acids is 1. The summed E-state index contributed by atoms with van der Waals surface area (Å²) in [5.41, 5.74) is 17.0. The lowest BCUT2D eigenvalue weighted by atomic mass is 10.1. The van der Waals surface area contributed by atoms with Crippen LogP contribution in [0.2, 0.25) is 0 Å². The van der Waals surface area contributed by atoms with E-state index in [1.807, 2.05) is 0 Å². The molecule has 178 valence electrons. The molecule has 1 saturated heterocycles. The Morgan fingerprint density at radius 3 is 2.23 bits per heavy atom. The Balaban J connectivity index is 2.78. The minimum absolute atomic E-state index is 0.279. The topological polar surface area (TPSA) is 194 Å². The molecular formula is C20H38N6O5. The average Bonchev–Trinajstić information content (AvgIpc) is 3.22. The lowest BCUT2D eigenvalue weighted by Crippen LogP contribution is -2.56. The maximum absolute atomic E-state index is 12.9. The minimum Gasteiger partial charge on any atom is -0.480 e. The van der Waals surface area contributed by atoms with E-state index in [9.17, 15) is 19.2 Å². The van der Waals surface area contributed by atoms with E-state index in [1.165, 1.54) is 11.8 Å². The molecule has 31 heavy (non-hydrogen) atoms. The number of carboxylic acid groups (broad SMARTS) is 1. The van der Waals surface area contributed by atoms with Crippen molar-refractivity contribution in [2.24, 2.45) is 17.2 Å². The fraction of sp³-hybridized carbons (Fsp3) is 0.800. The van der Waals surface area contributed by atoms with Gasteiger partial charge in [-0.1, -0.05) is 6.42 Å². The van der Waals surface area contributed by atoms with E-state index in [4.69, 9.17) is 22.3 Å². The minimum atomic E-state index is -1.17. The number of nitrogens with one attached hydrogen (secondary N) is 2. The SMILES string of the molecule is C[C@H](NC(=O)[C@H](CCCCN)NC(=O)[C@@H]1CCCN1C(=O)[C@@H](N)CCCCN)C(=O)O. The molecule has 0 bridgehead atoms. The Bertz CT molecular complexity index is 617. The second-order valence-corrected chi connectivity index (χ2v) is 7.99. The number of hydrogen-bond donors (Lipinski definition) is 6. The quantitative estimate of drug-likeness (QED) is 0.177. The molecule has 0 unspecified atom stereocenters. The van der Waals surface area contributed by atoms with Crippen molar-refractivity contribution in [1.82, 2.24) is 15.5 Å². The van der Waals surface area contributed by atoms with Gasteiger partial charge in [-0.15, -0.1) is 0 Å². The van der Waals surface area contributed by atoms with Crippen LogP contribution in [0.3, 0.4) is 0 Å². The van der Waals surface area contributed by atoms with E-state index < -0.39 is 42.0 Å². The molecule has 3 amide bonds. The molecule has 0 aliphatic carbocycles. The highest BCUT2D eigenvalue weighted by Crippen LogP contribution is 2.20. The van der Waals surface area contributed by atoms with E-state index in [0.29, 0.717) is 58.2 Å². The summed E-state index contributed by atoms with van der Waals surface area (Å²) in [6.45, 7) is 2.76. The summed E-state index contributed by atoms with van der Waals surface area (Å²) in [6, 6.07) is -3.39. The Labute approximate surface area is 183 Å². The fourth-order valence-electron chi connectivity index (χ4n) is 3.55. The van der Waals surface area contributed by atoms with Crippen LogP contribution in [0.5, 0.6) is 0 Å². The summed E-state index contributed by atoms with van der Waals surface area (Å²) >= 11 is 0. The van der Waals surface area contributed by atoms with Crippen molar-refractivity contribution in [2.75, 3.05) is 19.6 Å². The Kier molecular flexibility index (Phi) is 12.1. The number of nitrogens with two attached hydrogens (primary N) is 3. The Morgan fingerprint density at radius 1 is 1.03 bits per heavy atom. The number of carbonyl (C=O) groups excluding carboxylic acids is 3. The smallest absolute Gasteiger partial charge is 0.325 e. The van der Waals surface area contributed by atoms with Gasteiger partial charge in [0.2, 0.25) is 17.7 Å². The summed E-state index contributed by atoms with van der Waals surface area (Å²) in [5, 5.41) is 14.1. The summed E-state index contributed by atoms with van der Waals surface area (Å²) in [7, 11) is 0. The van der Waals surface area contributed by atoms with E-state index in [1.54, 1.807) is 0 Å². The molecule has 1 fully saturated rings. The molecule has 11 heteroatoms. The van der Waals surface area contributed by atoms with Gasteiger partial charge in [0.25, 0.3) is 0 Å². The third kappa shape index (κ3) is 8.80. The number of amides is 3. The largest absolute Gasteiger partial charge is 0.480 e. The molecule has 9 N–H and O–H groups in total. The van der Waals surface area contributed by atoms with Gasteiger partial charge < -0.3 is 37.8 Å². The van der Waals surface area contributed by atoms with Gasteiger partial charge in [-0.3, -0.25) is 19.2 Å². The van der Waals surface area contributed by atoms with Crippen molar-refractivity contribution in [3.63, 3.8) is 0 Å². The lowest BCUT2D eigenvalue weighted by molar-refractivity contribution is -0.142. The molecule has 4 atom stereocenters. The number of carbonyl (C=O) groups is 4. The van der Waals surface area contributed by atoms with Crippen LogP contribution in [-0.2, 0) is 19.2 Å². The van der Waals surface area contributed by atoms with Gasteiger partial charge in [0.15, 0.2) is 0 Å². The van der Waals surface area contributed by atoms with Crippen LogP contribution in [0.25, 0.3) is 0 Å². The van der Waals surface area contributed by atoms with E-state index >= 15 is 0 Å². The molecule has 1 heterocycles. The zero-order chi connectivity index (χ0) is 23.4. The van der Waals surface area contributed by atoms with Gasteiger partial charge in [0, 0.05) is 6.54 Å². The molecule has 0 spiro atoms. The first kappa shape index (κ1) is 26.8. The average molecular weight is 443 g/mol. The van der Waals surface area contributed by atoms with Crippen molar-refractivity contribution in [2.45, 2.75) is 82.5 Å². The van der Waals surface area contributed by atoms with Gasteiger partial charge in [-0.2, -0.15) is 0 Å². The van der Waals surface area contributed by atoms with Crippen LogP contribution >= 0.6 is 0 Å². The van der Waals surface area contributed by atoms with Gasteiger partial charge in [0.1, 0.15) is 18.1 Å². The molecule has 0 aromatic rings. The molecule has 0 radical (unpaired) electrons. The lowest BCUT2D eigenvalue weighted by Gasteiger charge is -2.28. The van der Waals surface area contributed by atoms with Gasteiger partial charge in [-0.25, -0.2) is 0 Å². The fourth-order valence-corrected chi connectivity index (χ4v) is 3.55. The molecule has 0 aromatic carbocycles. The van der Waals surface area contributed by atoms with Crippen LogP contribution in [0, 0.1) is 0 Å². The Hall–Kier alpha value is -2.24. The van der Waals surface area contributed by atoms with Crippen LogP contribution in [0.4, 0.5) is 0 Å². The van der Waals surface area contributed by atoms with E-state index in [0.717, 1.165) is 12.8 Å². The van der Waals surface area contributed by atoms with Crippen molar-refractivity contribution >= 4 is 23.7 Å². The molecule has 1 rings (SSSR count). The monoisotopic (exact) mass is 442 g/mol. The van der Waals surface area contributed by atoms with Crippen molar-refractivity contribution in [3.05, 3.63) is 0 Å². The predicted molar refractivity (Wildman–Crippen MR) is 116 cm³/mol. The third-order valence-electron chi connectivity index (χ3n) is 5.43. The first-order valence-corrected chi connectivity index (χ1v) is 11.0. The standard InChI is InChI=1S/C20H38N6O5/c1-13(20(30)31)24-17(27)15(8-3-5-11-22)25-18(28)16-9-6-12-26(16)19(29)14(23)7-2-4-10-21/h13-16H,2-12,21-23H2,1H3,(H,24,27)(H,25,28)(H,30,31)/t13-,14-,15-,16-/m0/s1. The van der Waals surface area contributed by atoms with Crippen LogP contribution in [0.15, 0.2) is 0 Å². The van der Waals surface area contributed by atoms with Crippen molar-refractivity contribution in [3.8, 4) is 0 Å². The normalized spacial score (nSPS) is 18.8. The van der Waals surface area contributed by atoms with Crippen LogP contribution < -0.4 is 27.8 Å². The molecule has 1 aliphatic rings.